The van der Waals surface area contributed by atoms with Gasteiger partial charge in [-0.3, -0.25) is 9.59 Å². The molecule has 0 aliphatic heterocycles. The molecule has 2 amide bonds. The van der Waals surface area contributed by atoms with Crippen LogP contribution in [0.4, 0.5) is 5.69 Å². The molecule has 0 aromatic heterocycles. The number of amides is 2. The first kappa shape index (κ1) is 17.4. The summed E-state index contributed by atoms with van der Waals surface area (Å²) in [5.41, 5.74) is 6.88. The van der Waals surface area contributed by atoms with Crippen molar-refractivity contribution >= 4 is 23.7 Å². The van der Waals surface area contributed by atoms with Crippen molar-refractivity contribution in [2.24, 2.45) is 5.10 Å². The van der Waals surface area contributed by atoms with Gasteiger partial charge in [0.05, 0.1) is 6.21 Å². The fourth-order valence-electron chi connectivity index (χ4n) is 2.15. The molecule has 2 rings (SSSR count). The van der Waals surface area contributed by atoms with E-state index in [9.17, 15) is 9.59 Å². The van der Waals surface area contributed by atoms with Gasteiger partial charge in [0, 0.05) is 17.7 Å². The van der Waals surface area contributed by atoms with Crippen LogP contribution in [0.5, 0.6) is 0 Å². The number of rotatable bonds is 5. The molecule has 0 spiro atoms. The van der Waals surface area contributed by atoms with E-state index in [2.05, 4.69) is 21.9 Å². The normalized spacial score (nSPS) is 10.6. The maximum absolute atomic E-state index is 12.1. The van der Waals surface area contributed by atoms with Crippen LogP contribution in [0.25, 0.3) is 0 Å². The quantitative estimate of drug-likeness (QED) is 0.654. The second kappa shape index (κ2) is 8.06. The number of hydrogen-bond acceptors (Lipinski definition) is 3. The van der Waals surface area contributed by atoms with Gasteiger partial charge in [-0.1, -0.05) is 30.7 Å². The predicted octanol–water partition coefficient (Wildman–Crippen LogP) is 3.42. The largest absolute Gasteiger partial charge is 0.326 e. The fraction of sp³-hybridized carbons (Fsp3) is 0.211. The van der Waals surface area contributed by atoms with E-state index in [0.29, 0.717) is 17.7 Å². The van der Waals surface area contributed by atoms with Crippen LogP contribution in [0, 0.1) is 13.8 Å². The fourth-order valence-corrected chi connectivity index (χ4v) is 2.15. The molecule has 2 aromatic rings. The molecule has 0 unspecified atom stereocenters. The third-order valence-electron chi connectivity index (χ3n) is 3.55. The summed E-state index contributed by atoms with van der Waals surface area (Å²) >= 11 is 0. The zero-order valence-corrected chi connectivity index (χ0v) is 14.1. The van der Waals surface area contributed by atoms with Crippen molar-refractivity contribution in [1.82, 2.24) is 5.43 Å². The highest BCUT2D eigenvalue weighted by atomic mass is 16.2. The van der Waals surface area contributed by atoms with Crippen molar-refractivity contribution in [2.45, 2.75) is 27.2 Å². The SMILES string of the molecule is CCC(=O)Nc1ccc(C(=O)NN=Cc2ccc(C)cc2C)cc1. The van der Waals surface area contributed by atoms with E-state index in [1.807, 2.05) is 26.0 Å². The van der Waals surface area contributed by atoms with Gasteiger partial charge in [0.15, 0.2) is 0 Å². The highest BCUT2D eigenvalue weighted by Crippen LogP contribution is 2.10. The summed E-state index contributed by atoms with van der Waals surface area (Å²) in [5, 5.41) is 6.73. The monoisotopic (exact) mass is 323 g/mol. The topological polar surface area (TPSA) is 70.6 Å². The Morgan fingerprint density at radius 3 is 2.42 bits per heavy atom. The van der Waals surface area contributed by atoms with Crippen LogP contribution >= 0.6 is 0 Å². The zero-order chi connectivity index (χ0) is 17.5. The van der Waals surface area contributed by atoms with Crippen LogP contribution < -0.4 is 10.7 Å². The van der Waals surface area contributed by atoms with E-state index in [0.717, 1.165) is 11.1 Å². The molecular formula is C19H21N3O2. The van der Waals surface area contributed by atoms with Crippen molar-refractivity contribution in [3.05, 3.63) is 64.7 Å². The number of carbonyl (C=O) groups is 2. The van der Waals surface area contributed by atoms with Crippen LogP contribution in [0.1, 0.15) is 40.4 Å². The number of aryl methyl sites for hydroxylation is 2. The van der Waals surface area contributed by atoms with E-state index < -0.39 is 0 Å². The molecule has 124 valence electrons. The Morgan fingerprint density at radius 2 is 1.79 bits per heavy atom. The first-order chi connectivity index (χ1) is 11.5. The number of nitrogens with zero attached hydrogens (tertiary/aromatic N) is 1. The minimum absolute atomic E-state index is 0.0646. The molecule has 0 aliphatic carbocycles. The Morgan fingerprint density at radius 1 is 1.08 bits per heavy atom. The Labute approximate surface area is 141 Å². The molecule has 2 aromatic carbocycles. The van der Waals surface area contributed by atoms with E-state index in [-0.39, 0.29) is 11.8 Å². The standard InChI is InChI=1S/C19H21N3O2/c1-4-18(23)21-17-9-7-15(8-10-17)19(24)22-20-12-16-6-5-13(2)11-14(16)3/h5-12H,4H2,1-3H3,(H,21,23)(H,22,24). The van der Waals surface area contributed by atoms with E-state index in [1.54, 1.807) is 37.4 Å². The Hall–Kier alpha value is -2.95. The van der Waals surface area contributed by atoms with Crippen molar-refractivity contribution in [1.29, 1.82) is 0 Å². The Bertz CT molecular complexity index is 765. The van der Waals surface area contributed by atoms with Gasteiger partial charge in [0.25, 0.3) is 5.91 Å². The van der Waals surface area contributed by atoms with Crippen LogP contribution in [0.3, 0.4) is 0 Å². The van der Waals surface area contributed by atoms with Gasteiger partial charge in [-0.2, -0.15) is 5.10 Å². The first-order valence-electron chi connectivity index (χ1n) is 7.80. The average Bonchev–Trinajstić information content (AvgIpc) is 2.57. The molecule has 0 saturated carbocycles. The lowest BCUT2D eigenvalue weighted by Crippen LogP contribution is -2.17. The molecule has 0 heterocycles. The molecular weight excluding hydrogens is 302 g/mol. The average molecular weight is 323 g/mol. The summed E-state index contributed by atoms with van der Waals surface area (Å²) in [4.78, 5) is 23.4. The van der Waals surface area contributed by atoms with Crippen molar-refractivity contribution in [3.63, 3.8) is 0 Å². The number of anilines is 1. The van der Waals surface area contributed by atoms with Gasteiger partial charge < -0.3 is 5.32 Å². The van der Waals surface area contributed by atoms with Crippen molar-refractivity contribution in [2.75, 3.05) is 5.32 Å². The number of carbonyl (C=O) groups excluding carboxylic acids is 2. The van der Waals surface area contributed by atoms with Gasteiger partial charge in [-0.25, -0.2) is 5.43 Å². The van der Waals surface area contributed by atoms with E-state index >= 15 is 0 Å². The third kappa shape index (κ3) is 4.78. The lowest BCUT2D eigenvalue weighted by atomic mass is 10.1. The molecule has 2 N–H and O–H groups in total. The Kier molecular flexibility index (Phi) is 5.84. The van der Waals surface area contributed by atoms with Gasteiger partial charge in [-0.15, -0.1) is 0 Å². The summed E-state index contributed by atoms with van der Waals surface area (Å²) in [6, 6.07) is 12.7. The first-order valence-corrected chi connectivity index (χ1v) is 7.80. The van der Waals surface area contributed by atoms with E-state index in [1.165, 1.54) is 5.56 Å². The molecule has 0 saturated heterocycles. The van der Waals surface area contributed by atoms with Crippen molar-refractivity contribution < 1.29 is 9.59 Å². The molecule has 0 bridgehead atoms. The van der Waals surface area contributed by atoms with Gasteiger partial charge >= 0.3 is 0 Å². The maximum atomic E-state index is 12.1. The number of hydrogen-bond donors (Lipinski definition) is 2. The molecule has 5 nitrogen and oxygen atoms in total. The van der Waals surface area contributed by atoms with Crippen LogP contribution in [0.15, 0.2) is 47.6 Å². The maximum Gasteiger partial charge on any atom is 0.271 e. The molecule has 0 atom stereocenters. The third-order valence-corrected chi connectivity index (χ3v) is 3.55. The number of benzene rings is 2. The minimum Gasteiger partial charge on any atom is -0.326 e. The Balaban J connectivity index is 1.97. The van der Waals surface area contributed by atoms with Crippen LogP contribution in [-0.4, -0.2) is 18.0 Å². The highest BCUT2D eigenvalue weighted by molar-refractivity contribution is 5.96. The summed E-state index contributed by atoms with van der Waals surface area (Å²) in [5.74, 6) is -0.366. The lowest BCUT2D eigenvalue weighted by molar-refractivity contribution is -0.115. The molecule has 0 radical (unpaired) electrons. The van der Waals surface area contributed by atoms with Gasteiger partial charge in [0.1, 0.15) is 0 Å². The van der Waals surface area contributed by atoms with Crippen molar-refractivity contribution in [3.8, 4) is 0 Å². The highest BCUT2D eigenvalue weighted by Gasteiger charge is 2.05. The smallest absolute Gasteiger partial charge is 0.271 e. The zero-order valence-electron chi connectivity index (χ0n) is 14.1. The number of nitrogens with one attached hydrogen (secondary N) is 2. The van der Waals surface area contributed by atoms with Gasteiger partial charge in [-0.05, 0) is 49.2 Å². The number of hydrazone groups is 1. The van der Waals surface area contributed by atoms with E-state index in [4.69, 9.17) is 0 Å². The second-order valence-corrected chi connectivity index (χ2v) is 5.54. The summed E-state index contributed by atoms with van der Waals surface area (Å²) < 4.78 is 0. The summed E-state index contributed by atoms with van der Waals surface area (Å²) in [6.07, 6.45) is 2.04. The van der Waals surface area contributed by atoms with Gasteiger partial charge in [0.2, 0.25) is 5.91 Å². The summed E-state index contributed by atoms with van der Waals surface area (Å²) in [6.45, 7) is 5.81. The summed E-state index contributed by atoms with van der Waals surface area (Å²) in [7, 11) is 0. The predicted molar refractivity (Wildman–Crippen MR) is 96.3 cm³/mol. The lowest BCUT2D eigenvalue weighted by Gasteiger charge is -2.05. The molecule has 24 heavy (non-hydrogen) atoms. The molecule has 5 heteroatoms. The second-order valence-electron chi connectivity index (χ2n) is 5.54. The molecule has 0 fully saturated rings. The van der Waals surface area contributed by atoms with Crippen LogP contribution in [-0.2, 0) is 4.79 Å². The minimum atomic E-state index is -0.301. The van der Waals surface area contributed by atoms with Crippen LogP contribution in [0.2, 0.25) is 0 Å². The molecule has 0 aliphatic rings.